The molecule has 0 saturated heterocycles. The van der Waals surface area contributed by atoms with Gasteiger partial charge in [-0.1, -0.05) is 12.8 Å². The molecule has 0 unspecified atom stereocenters. The fourth-order valence-corrected chi connectivity index (χ4v) is 2.89. The van der Waals surface area contributed by atoms with Crippen molar-refractivity contribution in [2.24, 2.45) is 5.73 Å². The van der Waals surface area contributed by atoms with Gasteiger partial charge in [-0.3, -0.25) is 0 Å². The lowest BCUT2D eigenvalue weighted by molar-refractivity contribution is 0.388. The molecule has 0 radical (unpaired) electrons. The van der Waals surface area contributed by atoms with Crippen molar-refractivity contribution in [1.82, 2.24) is 0 Å². The van der Waals surface area contributed by atoms with Gasteiger partial charge < -0.3 is 15.6 Å². The van der Waals surface area contributed by atoms with Crippen LogP contribution >= 0.6 is 0 Å². The van der Waals surface area contributed by atoms with Gasteiger partial charge in [-0.15, -0.1) is 0 Å². The molecule has 0 aliphatic heterocycles. The summed E-state index contributed by atoms with van der Waals surface area (Å²) in [5.41, 5.74) is 6.97. The largest absolute Gasteiger partial charge is 0.508 e. The lowest BCUT2D eigenvalue weighted by Crippen LogP contribution is -2.32. The van der Waals surface area contributed by atoms with Crippen molar-refractivity contribution in [2.75, 3.05) is 13.7 Å². The number of hydrogen-bond donors (Lipinski definition) is 2. The number of phenols is 1. The summed E-state index contributed by atoms with van der Waals surface area (Å²) in [6, 6.07) is 5.35. The van der Waals surface area contributed by atoms with Gasteiger partial charge in [-0.25, -0.2) is 0 Å². The number of methoxy groups -OCH3 is 1. The van der Waals surface area contributed by atoms with Gasteiger partial charge in [0.25, 0.3) is 0 Å². The molecule has 18 heavy (non-hydrogen) atoms. The molecule has 0 amide bonds. The van der Waals surface area contributed by atoms with Crippen LogP contribution in [0, 0.1) is 11.3 Å². The highest BCUT2D eigenvalue weighted by molar-refractivity contribution is 5.54. The Labute approximate surface area is 107 Å². The zero-order chi connectivity index (χ0) is 13.2. The summed E-state index contributed by atoms with van der Waals surface area (Å²) in [7, 11) is 1.49. The Balaban J connectivity index is 2.54. The summed E-state index contributed by atoms with van der Waals surface area (Å²) in [5.74, 6) is 0.585. The Kier molecular flexibility index (Phi) is 3.44. The molecule has 2 rings (SSSR count). The van der Waals surface area contributed by atoms with Crippen LogP contribution in [-0.2, 0) is 5.41 Å². The molecule has 96 valence electrons. The molecule has 0 spiro atoms. The third-order valence-corrected chi connectivity index (χ3v) is 3.96. The van der Waals surface area contributed by atoms with Gasteiger partial charge in [-0.05, 0) is 18.9 Å². The average Bonchev–Trinajstić information content (AvgIpc) is 2.88. The Morgan fingerprint density at radius 2 is 2.11 bits per heavy atom. The number of hydrogen-bond acceptors (Lipinski definition) is 4. The van der Waals surface area contributed by atoms with E-state index in [4.69, 9.17) is 15.7 Å². The number of benzene rings is 1. The molecule has 1 aromatic carbocycles. The SMILES string of the molecule is COc1cc(O)c(C2(CN)CCCC2)cc1C#N. The number of ether oxygens (including phenoxy) is 1. The van der Waals surface area contributed by atoms with Crippen molar-refractivity contribution >= 4 is 0 Å². The average molecular weight is 246 g/mol. The molecule has 1 aliphatic carbocycles. The zero-order valence-electron chi connectivity index (χ0n) is 10.6. The van der Waals surface area contributed by atoms with E-state index < -0.39 is 0 Å². The number of nitrogens with two attached hydrogens (primary N) is 1. The number of aromatic hydroxyl groups is 1. The first-order valence-electron chi connectivity index (χ1n) is 6.18. The van der Waals surface area contributed by atoms with Crippen LogP contribution < -0.4 is 10.5 Å². The maximum absolute atomic E-state index is 10.2. The summed E-state index contributed by atoms with van der Waals surface area (Å²) in [4.78, 5) is 0. The normalized spacial score (nSPS) is 17.4. The predicted molar refractivity (Wildman–Crippen MR) is 68.6 cm³/mol. The van der Waals surface area contributed by atoms with Crippen LogP contribution in [0.2, 0.25) is 0 Å². The molecule has 0 atom stereocenters. The minimum absolute atomic E-state index is 0.179. The fourth-order valence-electron chi connectivity index (χ4n) is 2.89. The van der Waals surface area contributed by atoms with Crippen LogP contribution in [0.15, 0.2) is 12.1 Å². The maximum Gasteiger partial charge on any atom is 0.140 e. The monoisotopic (exact) mass is 246 g/mol. The van der Waals surface area contributed by atoms with E-state index in [2.05, 4.69) is 6.07 Å². The van der Waals surface area contributed by atoms with Gasteiger partial charge in [0.05, 0.1) is 12.7 Å². The second-order valence-electron chi connectivity index (χ2n) is 4.87. The van der Waals surface area contributed by atoms with Gasteiger partial charge in [-0.2, -0.15) is 5.26 Å². The predicted octanol–water partition coefficient (Wildman–Crippen LogP) is 2.04. The zero-order valence-corrected chi connectivity index (χ0v) is 10.6. The molecule has 4 nitrogen and oxygen atoms in total. The van der Waals surface area contributed by atoms with E-state index in [0.717, 1.165) is 31.2 Å². The van der Waals surface area contributed by atoms with Gasteiger partial charge in [0, 0.05) is 23.6 Å². The lowest BCUT2D eigenvalue weighted by atomic mass is 9.78. The van der Waals surface area contributed by atoms with Gasteiger partial charge in [0.15, 0.2) is 0 Å². The smallest absolute Gasteiger partial charge is 0.140 e. The van der Waals surface area contributed by atoms with Crippen LogP contribution in [-0.4, -0.2) is 18.8 Å². The van der Waals surface area contributed by atoms with Crippen LogP contribution in [0.3, 0.4) is 0 Å². The number of nitriles is 1. The van der Waals surface area contributed by atoms with Crippen molar-refractivity contribution in [3.05, 3.63) is 23.3 Å². The minimum atomic E-state index is -0.179. The van der Waals surface area contributed by atoms with Gasteiger partial charge in [0.1, 0.15) is 17.6 Å². The molecule has 0 heterocycles. The van der Waals surface area contributed by atoms with Crippen molar-refractivity contribution in [1.29, 1.82) is 5.26 Å². The Hall–Kier alpha value is -1.73. The van der Waals surface area contributed by atoms with E-state index in [1.165, 1.54) is 13.2 Å². The van der Waals surface area contributed by atoms with E-state index in [-0.39, 0.29) is 11.2 Å². The van der Waals surface area contributed by atoms with Gasteiger partial charge >= 0.3 is 0 Å². The third-order valence-electron chi connectivity index (χ3n) is 3.96. The Morgan fingerprint density at radius 1 is 1.44 bits per heavy atom. The minimum Gasteiger partial charge on any atom is -0.508 e. The van der Waals surface area contributed by atoms with Crippen molar-refractivity contribution in [3.63, 3.8) is 0 Å². The first kappa shape index (κ1) is 12.7. The number of nitrogens with zero attached hydrogens (tertiary/aromatic N) is 1. The van der Waals surface area contributed by atoms with E-state index in [0.29, 0.717) is 17.9 Å². The standard InChI is InChI=1S/C14H18N2O2/c1-18-13-7-12(17)11(6-10(13)8-15)14(9-16)4-2-3-5-14/h6-7,17H,2-5,9,16H2,1H3. The maximum atomic E-state index is 10.2. The molecule has 1 fully saturated rings. The molecule has 0 aromatic heterocycles. The first-order valence-corrected chi connectivity index (χ1v) is 6.18. The summed E-state index contributed by atoms with van der Waals surface area (Å²) >= 11 is 0. The second kappa shape index (κ2) is 4.87. The summed E-state index contributed by atoms with van der Waals surface area (Å²) in [6.45, 7) is 0.498. The lowest BCUT2D eigenvalue weighted by Gasteiger charge is -2.29. The first-order chi connectivity index (χ1) is 8.66. The number of phenolic OH excluding ortho intramolecular Hbond substituents is 1. The van der Waals surface area contributed by atoms with Crippen LogP contribution in [0.4, 0.5) is 0 Å². The van der Waals surface area contributed by atoms with E-state index in [1.54, 1.807) is 6.07 Å². The van der Waals surface area contributed by atoms with Crippen molar-refractivity contribution in [3.8, 4) is 17.6 Å². The highest BCUT2D eigenvalue weighted by Gasteiger charge is 2.37. The molecule has 1 saturated carbocycles. The highest BCUT2D eigenvalue weighted by Crippen LogP contribution is 2.45. The summed E-state index contributed by atoms with van der Waals surface area (Å²) in [6.07, 6.45) is 4.16. The Bertz CT molecular complexity index is 485. The molecule has 0 bridgehead atoms. The number of rotatable bonds is 3. The van der Waals surface area contributed by atoms with Crippen molar-refractivity contribution < 1.29 is 9.84 Å². The molecular weight excluding hydrogens is 228 g/mol. The highest BCUT2D eigenvalue weighted by atomic mass is 16.5. The Morgan fingerprint density at radius 3 is 2.61 bits per heavy atom. The summed E-state index contributed by atoms with van der Waals surface area (Å²) in [5, 5.41) is 19.3. The topological polar surface area (TPSA) is 79.3 Å². The van der Waals surface area contributed by atoms with E-state index in [1.807, 2.05) is 0 Å². The molecular formula is C14H18N2O2. The molecule has 1 aliphatic rings. The van der Waals surface area contributed by atoms with Crippen LogP contribution in [0.1, 0.15) is 36.8 Å². The van der Waals surface area contributed by atoms with E-state index in [9.17, 15) is 5.11 Å². The fraction of sp³-hybridized carbons (Fsp3) is 0.500. The molecule has 3 N–H and O–H groups in total. The van der Waals surface area contributed by atoms with Crippen LogP contribution in [0.5, 0.6) is 11.5 Å². The molecule has 1 aromatic rings. The third kappa shape index (κ3) is 1.91. The van der Waals surface area contributed by atoms with Crippen LogP contribution in [0.25, 0.3) is 0 Å². The summed E-state index contributed by atoms with van der Waals surface area (Å²) < 4.78 is 5.09. The quantitative estimate of drug-likeness (QED) is 0.855. The van der Waals surface area contributed by atoms with Crippen molar-refractivity contribution in [2.45, 2.75) is 31.1 Å². The van der Waals surface area contributed by atoms with Gasteiger partial charge in [0.2, 0.25) is 0 Å². The molecule has 4 heteroatoms. The second-order valence-corrected chi connectivity index (χ2v) is 4.87. The van der Waals surface area contributed by atoms with E-state index >= 15 is 0 Å².